The minimum absolute atomic E-state index is 0.729. The van der Waals surface area contributed by atoms with Gasteiger partial charge >= 0.3 is 0 Å². The second-order valence-electron chi connectivity index (χ2n) is 4.06. The maximum atomic E-state index is 5.91. The third kappa shape index (κ3) is 3.50. The predicted octanol–water partition coefficient (Wildman–Crippen LogP) is 5.79. The molecular formula is C14H12Br2ClN. The zero-order chi connectivity index (χ0) is 13.1. The molecule has 0 aliphatic heterocycles. The van der Waals surface area contributed by atoms with Crippen LogP contribution in [0.5, 0.6) is 0 Å². The van der Waals surface area contributed by atoms with Crippen LogP contribution < -0.4 is 5.32 Å². The summed E-state index contributed by atoms with van der Waals surface area (Å²) in [6, 6.07) is 12.1. The number of anilines is 1. The van der Waals surface area contributed by atoms with Crippen LogP contribution in [0.15, 0.2) is 45.3 Å². The first kappa shape index (κ1) is 13.9. The summed E-state index contributed by atoms with van der Waals surface area (Å²) >= 11 is 12.9. The molecular weight excluding hydrogens is 377 g/mol. The summed E-state index contributed by atoms with van der Waals surface area (Å²) in [5.74, 6) is 0. The summed E-state index contributed by atoms with van der Waals surface area (Å²) in [6.07, 6.45) is 0. The summed E-state index contributed by atoms with van der Waals surface area (Å²) in [5.41, 5.74) is 3.53. The summed E-state index contributed by atoms with van der Waals surface area (Å²) < 4.78 is 2.11. The van der Waals surface area contributed by atoms with Crippen LogP contribution in [0.1, 0.15) is 11.1 Å². The molecule has 4 heteroatoms. The first-order valence-electron chi connectivity index (χ1n) is 5.50. The SMILES string of the molecule is Cc1cc(CNc2ccc(Cl)cc2Br)ccc1Br. The molecule has 0 aliphatic carbocycles. The lowest BCUT2D eigenvalue weighted by Crippen LogP contribution is -2.00. The maximum Gasteiger partial charge on any atom is 0.0488 e. The molecule has 0 radical (unpaired) electrons. The molecule has 0 aromatic heterocycles. The highest BCUT2D eigenvalue weighted by Crippen LogP contribution is 2.26. The van der Waals surface area contributed by atoms with Gasteiger partial charge in [-0.25, -0.2) is 0 Å². The molecule has 94 valence electrons. The van der Waals surface area contributed by atoms with E-state index in [0.29, 0.717) is 0 Å². The average molecular weight is 390 g/mol. The van der Waals surface area contributed by atoms with E-state index in [1.807, 2.05) is 18.2 Å². The molecule has 2 aromatic carbocycles. The Kier molecular flexibility index (Phi) is 4.71. The van der Waals surface area contributed by atoms with Crippen LogP contribution in [0.25, 0.3) is 0 Å². The van der Waals surface area contributed by atoms with E-state index in [0.717, 1.165) is 26.2 Å². The van der Waals surface area contributed by atoms with Gasteiger partial charge in [0.15, 0.2) is 0 Å². The molecule has 2 aromatic rings. The van der Waals surface area contributed by atoms with Gasteiger partial charge in [0.25, 0.3) is 0 Å². The van der Waals surface area contributed by atoms with Gasteiger partial charge in [-0.2, -0.15) is 0 Å². The Bertz CT molecular complexity index is 570. The third-order valence-electron chi connectivity index (χ3n) is 2.64. The van der Waals surface area contributed by atoms with E-state index in [4.69, 9.17) is 11.6 Å². The third-order valence-corrected chi connectivity index (χ3v) is 4.42. The van der Waals surface area contributed by atoms with E-state index in [9.17, 15) is 0 Å². The van der Waals surface area contributed by atoms with Crippen molar-refractivity contribution in [3.63, 3.8) is 0 Å². The Balaban J connectivity index is 2.09. The Morgan fingerprint density at radius 1 is 1.06 bits per heavy atom. The van der Waals surface area contributed by atoms with E-state index >= 15 is 0 Å². The van der Waals surface area contributed by atoms with E-state index < -0.39 is 0 Å². The predicted molar refractivity (Wildman–Crippen MR) is 85.4 cm³/mol. The van der Waals surface area contributed by atoms with Crippen LogP contribution in [-0.4, -0.2) is 0 Å². The van der Waals surface area contributed by atoms with Crippen LogP contribution in [0.3, 0.4) is 0 Å². The molecule has 0 saturated heterocycles. The van der Waals surface area contributed by atoms with Crippen LogP contribution in [-0.2, 0) is 6.54 Å². The zero-order valence-corrected chi connectivity index (χ0v) is 13.7. The number of hydrogen-bond acceptors (Lipinski definition) is 1. The van der Waals surface area contributed by atoms with E-state index in [2.05, 4.69) is 62.3 Å². The summed E-state index contributed by atoms with van der Waals surface area (Å²) in [5, 5.41) is 4.11. The fraction of sp³-hybridized carbons (Fsp3) is 0.143. The summed E-state index contributed by atoms with van der Waals surface area (Å²) in [6.45, 7) is 2.88. The Hall–Kier alpha value is -0.510. The largest absolute Gasteiger partial charge is 0.380 e. The first-order chi connectivity index (χ1) is 8.56. The molecule has 1 N–H and O–H groups in total. The molecule has 0 heterocycles. The van der Waals surface area contributed by atoms with Gasteiger partial charge in [-0.15, -0.1) is 0 Å². The van der Waals surface area contributed by atoms with Crippen molar-refractivity contribution in [1.29, 1.82) is 0 Å². The number of hydrogen-bond donors (Lipinski definition) is 1. The molecule has 2 rings (SSSR count). The minimum atomic E-state index is 0.729. The van der Waals surface area contributed by atoms with Gasteiger partial charge in [0, 0.05) is 26.2 Å². The van der Waals surface area contributed by atoms with Gasteiger partial charge in [-0.05, 0) is 58.2 Å². The van der Waals surface area contributed by atoms with Crippen molar-refractivity contribution in [2.24, 2.45) is 0 Å². The Morgan fingerprint density at radius 2 is 1.83 bits per heavy atom. The van der Waals surface area contributed by atoms with Crippen LogP contribution in [0.4, 0.5) is 5.69 Å². The van der Waals surface area contributed by atoms with Gasteiger partial charge < -0.3 is 5.32 Å². The van der Waals surface area contributed by atoms with Gasteiger partial charge in [0.1, 0.15) is 0 Å². The number of benzene rings is 2. The fourth-order valence-electron chi connectivity index (χ4n) is 1.65. The molecule has 0 fully saturated rings. The minimum Gasteiger partial charge on any atom is -0.380 e. The molecule has 0 saturated carbocycles. The Labute approximate surface area is 129 Å². The number of halogens is 3. The van der Waals surface area contributed by atoms with Crippen molar-refractivity contribution < 1.29 is 0 Å². The van der Waals surface area contributed by atoms with Gasteiger partial charge in [0.05, 0.1) is 0 Å². The lowest BCUT2D eigenvalue weighted by Gasteiger charge is -2.10. The van der Waals surface area contributed by atoms with Crippen molar-refractivity contribution >= 4 is 49.1 Å². The van der Waals surface area contributed by atoms with Crippen LogP contribution in [0, 0.1) is 6.92 Å². The van der Waals surface area contributed by atoms with Crippen molar-refractivity contribution in [2.45, 2.75) is 13.5 Å². The van der Waals surface area contributed by atoms with Crippen molar-refractivity contribution in [3.05, 3.63) is 61.5 Å². The topological polar surface area (TPSA) is 12.0 Å². The molecule has 0 unspecified atom stereocenters. The van der Waals surface area contributed by atoms with Gasteiger partial charge in [-0.3, -0.25) is 0 Å². The Morgan fingerprint density at radius 3 is 2.50 bits per heavy atom. The molecule has 18 heavy (non-hydrogen) atoms. The number of aryl methyl sites for hydroxylation is 1. The average Bonchev–Trinajstić information content (AvgIpc) is 2.32. The highest BCUT2D eigenvalue weighted by molar-refractivity contribution is 9.10. The smallest absolute Gasteiger partial charge is 0.0488 e. The molecule has 0 amide bonds. The lowest BCUT2D eigenvalue weighted by atomic mass is 10.1. The van der Waals surface area contributed by atoms with E-state index in [-0.39, 0.29) is 0 Å². The second kappa shape index (κ2) is 6.09. The van der Waals surface area contributed by atoms with Crippen molar-refractivity contribution in [3.8, 4) is 0 Å². The van der Waals surface area contributed by atoms with Gasteiger partial charge in [0.2, 0.25) is 0 Å². The standard InChI is InChI=1S/C14H12Br2ClN/c1-9-6-10(2-4-12(9)15)8-18-14-5-3-11(17)7-13(14)16/h2-7,18H,8H2,1H3. The monoisotopic (exact) mass is 387 g/mol. The highest BCUT2D eigenvalue weighted by atomic mass is 79.9. The highest BCUT2D eigenvalue weighted by Gasteiger charge is 2.01. The second-order valence-corrected chi connectivity index (χ2v) is 6.21. The maximum absolute atomic E-state index is 5.91. The molecule has 0 bridgehead atoms. The quantitative estimate of drug-likeness (QED) is 0.701. The molecule has 0 spiro atoms. The van der Waals surface area contributed by atoms with Crippen LogP contribution in [0.2, 0.25) is 5.02 Å². The zero-order valence-electron chi connectivity index (χ0n) is 9.81. The number of nitrogens with one attached hydrogen (secondary N) is 1. The molecule has 0 atom stereocenters. The van der Waals surface area contributed by atoms with Crippen molar-refractivity contribution in [2.75, 3.05) is 5.32 Å². The van der Waals surface area contributed by atoms with E-state index in [1.165, 1.54) is 11.1 Å². The van der Waals surface area contributed by atoms with Crippen LogP contribution >= 0.6 is 43.5 Å². The normalized spacial score (nSPS) is 10.4. The summed E-state index contributed by atoms with van der Waals surface area (Å²) in [4.78, 5) is 0. The van der Waals surface area contributed by atoms with Gasteiger partial charge in [-0.1, -0.05) is 39.7 Å². The summed E-state index contributed by atoms with van der Waals surface area (Å²) in [7, 11) is 0. The fourth-order valence-corrected chi connectivity index (χ4v) is 2.72. The van der Waals surface area contributed by atoms with Crippen molar-refractivity contribution in [1.82, 2.24) is 0 Å². The van der Waals surface area contributed by atoms with E-state index in [1.54, 1.807) is 0 Å². The molecule has 1 nitrogen and oxygen atoms in total. The lowest BCUT2D eigenvalue weighted by molar-refractivity contribution is 1.13. The molecule has 0 aliphatic rings. The first-order valence-corrected chi connectivity index (χ1v) is 7.46. The number of rotatable bonds is 3.